The van der Waals surface area contributed by atoms with Gasteiger partial charge in [-0.2, -0.15) is 0 Å². The average Bonchev–Trinajstić information content (AvgIpc) is 2.59. The Morgan fingerprint density at radius 3 is 2.71 bits per heavy atom. The Morgan fingerprint density at radius 2 is 2.18 bits per heavy atom. The number of anilines is 1. The molecular formula is C9H7ClN4O2S. The van der Waals surface area contributed by atoms with E-state index in [1.165, 1.54) is 6.07 Å². The van der Waals surface area contributed by atoms with Crippen molar-refractivity contribution in [1.82, 2.24) is 15.0 Å². The molecule has 2 rings (SSSR count). The van der Waals surface area contributed by atoms with Crippen LogP contribution in [0.15, 0.2) is 6.07 Å². The smallest absolute Gasteiger partial charge is 0.349 e. The van der Waals surface area contributed by atoms with Crippen LogP contribution < -0.4 is 5.73 Å². The van der Waals surface area contributed by atoms with Gasteiger partial charge in [-0.25, -0.2) is 19.7 Å². The number of nitrogen functional groups attached to an aromatic ring is 1. The molecule has 2 heterocycles. The molecule has 0 spiro atoms. The predicted molar refractivity (Wildman–Crippen MR) is 64.3 cm³/mol. The molecule has 8 heteroatoms. The quantitative estimate of drug-likeness (QED) is 0.807. The number of aryl methyl sites for hydroxylation is 1. The maximum absolute atomic E-state index is 10.8. The molecule has 0 amide bonds. The lowest BCUT2D eigenvalue weighted by Gasteiger charge is -1.97. The number of nitrogens with zero attached hydrogens (tertiary/aromatic N) is 3. The number of carboxylic acids is 1. The topological polar surface area (TPSA) is 102 Å². The fourth-order valence-electron chi connectivity index (χ4n) is 1.24. The van der Waals surface area contributed by atoms with Crippen LogP contribution in [0, 0.1) is 6.92 Å². The van der Waals surface area contributed by atoms with Crippen LogP contribution in [0.2, 0.25) is 5.15 Å². The number of carboxylic acid groups (broad SMARTS) is 1. The maximum atomic E-state index is 10.8. The van der Waals surface area contributed by atoms with Crippen molar-refractivity contribution in [3.63, 3.8) is 0 Å². The lowest BCUT2D eigenvalue weighted by Crippen LogP contribution is -1.97. The number of aromatic carboxylic acids is 1. The number of aromatic nitrogens is 3. The van der Waals surface area contributed by atoms with Gasteiger partial charge in [-0.1, -0.05) is 11.6 Å². The van der Waals surface area contributed by atoms with E-state index < -0.39 is 5.97 Å². The van der Waals surface area contributed by atoms with Crippen molar-refractivity contribution in [2.45, 2.75) is 6.92 Å². The van der Waals surface area contributed by atoms with Crippen LogP contribution in [0.25, 0.3) is 10.7 Å². The van der Waals surface area contributed by atoms with E-state index in [9.17, 15) is 4.79 Å². The van der Waals surface area contributed by atoms with Gasteiger partial charge in [0.15, 0.2) is 4.88 Å². The van der Waals surface area contributed by atoms with Gasteiger partial charge in [-0.05, 0) is 6.92 Å². The van der Waals surface area contributed by atoms with Crippen LogP contribution in [0.1, 0.15) is 15.5 Å². The average molecular weight is 271 g/mol. The van der Waals surface area contributed by atoms with E-state index in [1.807, 2.05) is 0 Å². The van der Waals surface area contributed by atoms with E-state index in [0.29, 0.717) is 16.5 Å². The zero-order valence-corrected chi connectivity index (χ0v) is 10.2. The Morgan fingerprint density at radius 1 is 1.47 bits per heavy atom. The molecule has 88 valence electrons. The largest absolute Gasteiger partial charge is 0.477 e. The molecule has 2 aromatic rings. The number of nitrogens with two attached hydrogens (primary N) is 1. The van der Waals surface area contributed by atoms with Gasteiger partial charge in [-0.3, -0.25) is 0 Å². The SMILES string of the molecule is Cc1nc(Cl)cc(-c2nc(N)c(C(=O)O)s2)n1. The lowest BCUT2D eigenvalue weighted by molar-refractivity contribution is 0.0703. The predicted octanol–water partition coefficient (Wildman–Crippen LogP) is 1.84. The molecule has 0 aromatic carbocycles. The van der Waals surface area contributed by atoms with Gasteiger partial charge in [-0.15, -0.1) is 11.3 Å². The molecule has 17 heavy (non-hydrogen) atoms. The minimum atomic E-state index is -1.11. The van der Waals surface area contributed by atoms with Gasteiger partial charge in [0.05, 0.1) is 0 Å². The first-order chi connectivity index (χ1) is 7.97. The van der Waals surface area contributed by atoms with Gasteiger partial charge in [0.2, 0.25) is 0 Å². The Balaban J connectivity index is 2.53. The second-order valence-corrected chi connectivity index (χ2v) is 4.55. The fraction of sp³-hybridized carbons (Fsp3) is 0.111. The van der Waals surface area contributed by atoms with Gasteiger partial charge >= 0.3 is 5.97 Å². The van der Waals surface area contributed by atoms with Crippen LogP contribution in [0.4, 0.5) is 5.82 Å². The van der Waals surface area contributed by atoms with Gasteiger partial charge < -0.3 is 10.8 Å². The van der Waals surface area contributed by atoms with Crippen LogP contribution in [-0.2, 0) is 0 Å². The molecule has 0 radical (unpaired) electrons. The van der Waals surface area contributed by atoms with Crippen molar-refractivity contribution >= 4 is 34.7 Å². The third kappa shape index (κ3) is 2.34. The number of thiazole rings is 1. The van der Waals surface area contributed by atoms with Crippen LogP contribution in [0.3, 0.4) is 0 Å². The number of hydrogen-bond donors (Lipinski definition) is 2. The number of hydrogen-bond acceptors (Lipinski definition) is 6. The Bertz CT molecular complexity index is 578. The molecule has 0 aliphatic heterocycles. The first-order valence-electron chi connectivity index (χ1n) is 4.48. The summed E-state index contributed by atoms with van der Waals surface area (Å²) in [7, 11) is 0. The highest BCUT2D eigenvalue weighted by atomic mass is 35.5. The normalized spacial score (nSPS) is 10.5. The minimum Gasteiger partial charge on any atom is -0.477 e. The highest BCUT2D eigenvalue weighted by Gasteiger charge is 2.17. The molecule has 0 saturated carbocycles. The summed E-state index contributed by atoms with van der Waals surface area (Å²) in [5.74, 6) is -0.647. The zero-order valence-electron chi connectivity index (χ0n) is 8.64. The van der Waals surface area contributed by atoms with Crippen molar-refractivity contribution in [2.75, 3.05) is 5.73 Å². The summed E-state index contributed by atoms with van der Waals surface area (Å²) in [6.45, 7) is 1.68. The van der Waals surface area contributed by atoms with E-state index in [0.717, 1.165) is 11.3 Å². The third-order valence-corrected chi connectivity index (χ3v) is 3.15. The van der Waals surface area contributed by atoms with E-state index in [1.54, 1.807) is 6.92 Å². The molecule has 0 bridgehead atoms. The Kier molecular flexibility index (Phi) is 2.95. The van der Waals surface area contributed by atoms with E-state index in [2.05, 4.69) is 15.0 Å². The molecule has 3 N–H and O–H groups in total. The summed E-state index contributed by atoms with van der Waals surface area (Å²) in [5.41, 5.74) is 5.96. The second kappa shape index (κ2) is 4.27. The first kappa shape index (κ1) is 11.7. The van der Waals surface area contributed by atoms with Gasteiger partial charge in [0, 0.05) is 6.07 Å². The van der Waals surface area contributed by atoms with Crippen molar-refractivity contribution in [2.24, 2.45) is 0 Å². The maximum Gasteiger partial charge on any atom is 0.349 e. The molecule has 2 aromatic heterocycles. The second-order valence-electron chi connectivity index (χ2n) is 3.16. The van der Waals surface area contributed by atoms with Crippen molar-refractivity contribution in [3.8, 4) is 10.7 Å². The van der Waals surface area contributed by atoms with E-state index >= 15 is 0 Å². The molecule has 0 fully saturated rings. The molecule has 0 unspecified atom stereocenters. The summed E-state index contributed by atoms with van der Waals surface area (Å²) in [6.07, 6.45) is 0. The highest BCUT2D eigenvalue weighted by Crippen LogP contribution is 2.29. The van der Waals surface area contributed by atoms with Crippen molar-refractivity contribution in [3.05, 3.63) is 21.9 Å². The first-order valence-corrected chi connectivity index (χ1v) is 5.68. The Labute approximate surface area is 105 Å². The highest BCUT2D eigenvalue weighted by molar-refractivity contribution is 7.17. The van der Waals surface area contributed by atoms with Gasteiger partial charge in [0.1, 0.15) is 27.5 Å². The third-order valence-electron chi connectivity index (χ3n) is 1.87. The standard InChI is InChI=1S/C9H7ClN4O2S/c1-3-12-4(2-5(10)13-3)8-14-7(11)6(17-8)9(15)16/h2H,11H2,1H3,(H,15,16). The lowest BCUT2D eigenvalue weighted by atomic mass is 10.4. The molecule has 0 atom stereocenters. The van der Waals surface area contributed by atoms with Crippen molar-refractivity contribution in [1.29, 1.82) is 0 Å². The summed E-state index contributed by atoms with van der Waals surface area (Å²) >= 11 is 6.74. The fourth-order valence-corrected chi connectivity index (χ4v) is 2.25. The molecular weight excluding hydrogens is 264 g/mol. The molecule has 0 aliphatic carbocycles. The van der Waals surface area contributed by atoms with E-state index in [4.69, 9.17) is 22.4 Å². The zero-order chi connectivity index (χ0) is 12.6. The summed E-state index contributed by atoms with van der Waals surface area (Å²) in [4.78, 5) is 22.8. The molecule has 6 nitrogen and oxygen atoms in total. The number of carbonyl (C=O) groups is 1. The number of halogens is 1. The minimum absolute atomic E-state index is 0.00705. The van der Waals surface area contributed by atoms with Crippen LogP contribution in [-0.4, -0.2) is 26.0 Å². The summed E-state index contributed by atoms with van der Waals surface area (Å²) in [5, 5.41) is 9.55. The Hall–Kier alpha value is -1.73. The number of rotatable bonds is 2. The van der Waals surface area contributed by atoms with Crippen LogP contribution >= 0.6 is 22.9 Å². The molecule has 0 aliphatic rings. The molecule has 0 saturated heterocycles. The summed E-state index contributed by atoms with van der Waals surface area (Å²) in [6, 6.07) is 1.51. The summed E-state index contributed by atoms with van der Waals surface area (Å²) < 4.78 is 0. The monoisotopic (exact) mass is 270 g/mol. The van der Waals surface area contributed by atoms with Crippen LogP contribution in [0.5, 0.6) is 0 Å². The van der Waals surface area contributed by atoms with E-state index in [-0.39, 0.29) is 15.8 Å². The van der Waals surface area contributed by atoms with Gasteiger partial charge in [0.25, 0.3) is 0 Å². The van der Waals surface area contributed by atoms with Crippen molar-refractivity contribution < 1.29 is 9.90 Å².